The molecule has 8 heteroatoms. The Kier molecular flexibility index (Phi) is 3.20. The van der Waals surface area contributed by atoms with Gasteiger partial charge in [0.25, 0.3) is 0 Å². The number of anilines is 1. The van der Waals surface area contributed by atoms with E-state index < -0.39 is 6.04 Å². The molecule has 0 radical (unpaired) electrons. The van der Waals surface area contributed by atoms with Gasteiger partial charge in [0, 0.05) is 18.9 Å². The van der Waals surface area contributed by atoms with Crippen molar-refractivity contribution in [2.45, 2.75) is 19.9 Å². The molecule has 1 atom stereocenters. The smallest absolute Gasteiger partial charge is 0.338 e. The van der Waals surface area contributed by atoms with Crippen LogP contribution < -0.4 is 5.32 Å². The molecule has 3 heterocycles. The second-order valence-corrected chi connectivity index (χ2v) is 4.69. The van der Waals surface area contributed by atoms with Gasteiger partial charge in [-0.2, -0.15) is 15.2 Å². The Morgan fingerprint density at radius 2 is 2.29 bits per heavy atom. The molecule has 3 rings (SSSR count). The number of ether oxygens (including phenoxy) is 1. The van der Waals surface area contributed by atoms with E-state index in [-0.39, 0.29) is 5.97 Å². The van der Waals surface area contributed by atoms with Gasteiger partial charge in [-0.1, -0.05) is 0 Å². The quantitative estimate of drug-likeness (QED) is 0.843. The molecule has 0 bridgehead atoms. The number of carbonyl (C=O) groups is 1. The van der Waals surface area contributed by atoms with Crippen LogP contribution in [0.4, 0.5) is 5.95 Å². The lowest BCUT2D eigenvalue weighted by Gasteiger charge is -2.27. The number of esters is 1. The van der Waals surface area contributed by atoms with E-state index in [1.165, 1.54) is 6.33 Å². The predicted molar refractivity (Wildman–Crippen MR) is 74.3 cm³/mol. The van der Waals surface area contributed by atoms with Gasteiger partial charge in [0.2, 0.25) is 5.95 Å². The average molecular weight is 288 g/mol. The van der Waals surface area contributed by atoms with Crippen molar-refractivity contribution in [2.75, 3.05) is 11.9 Å². The SMILES string of the molecule is CCOC(=O)C1=C(C)Nc2ncnn2[C@H]1c1ccnn1C. The van der Waals surface area contributed by atoms with Crippen LogP contribution in [0.1, 0.15) is 25.6 Å². The Labute approximate surface area is 121 Å². The van der Waals surface area contributed by atoms with E-state index >= 15 is 0 Å². The summed E-state index contributed by atoms with van der Waals surface area (Å²) in [4.78, 5) is 16.5. The highest BCUT2D eigenvalue weighted by Gasteiger charge is 2.35. The van der Waals surface area contributed by atoms with Crippen LogP contribution in [0.15, 0.2) is 29.9 Å². The van der Waals surface area contributed by atoms with Crippen molar-refractivity contribution in [3.63, 3.8) is 0 Å². The Balaban J connectivity index is 2.16. The topological polar surface area (TPSA) is 86.9 Å². The van der Waals surface area contributed by atoms with Crippen molar-refractivity contribution in [3.05, 3.63) is 35.6 Å². The lowest BCUT2D eigenvalue weighted by Crippen LogP contribution is -2.30. The summed E-state index contributed by atoms with van der Waals surface area (Å²) in [5.74, 6) is 0.224. The molecular weight excluding hydrogens is 272 g/mol. The number of allylic oxidation sites excluding steroid dienone is 1. The van der Waals surface area contributed by atoms with Crippen molar-refractivity contribution >= 4 is 11.9 Å². The second-order valence-electron chi connectivity index (χ2n) is 4.69. The molecule has 2 aromatic rings. The number of nitrogens with one attached hydrogen (secondary N) is 1. The monoisotopic (exact) mass is 288 g/mol. The summed E-state index contributed by atoms with van der Waals surface area (Å²) in [7, 11) is 1.83. The molecule has 21 heavy (non-hydrogen) atoms. The summed E-state index contributed by atoms with van der Waals surface area (Å²) in [6, 6.07) is 1.45. The fourth-order valence-corrected chi connectivity index (χ4v) is 2.49. The first-order valence-electron chi connectivity index (χ1n) is 6.65. The van der Waals surface area contributed by atoms with Crippen LogP contribution in [-0.2, 0) is 16.6 Å². The first kappa shape index (κ1) is 13.3. The fourth-order valence-electron chi connectivity index (χ4n) is 2.49. The number of aromatic nitrogens is 5. The summed E-state index contributed by atoms with van der Waals surface area (Å²) in [5.41, 5.74) is 2.06. The molecule has 0 saturated heterocycles. The zero-order valence-electron chi connectivity index (χ0n) is 12.1. The molecule has 0 spiro atoms. The van der Waals surface area contributed by atoms with Gasteiger partial charge in [-0.15, -0.1) is 0 Å². The maximum atomic E-state index is 12.3. The Morgan fingerprint density at radius 3 is 2.95 bits per heavy atom. The Morgan fingerprint density at radius 1 is 1.48 bits per heavy atom. The number of rotatable bonds is 3. The lowest BCUT2D eigenvalue weighted by molar-refractivity contribution is -0.139. The maximum Gasteiger partial charge on any atom is 0.338 e. The number of nitrogens with zero attached hydrogens (tertiary/aromatic N) is 5. The molecular formula is C13H16N6O2. The molecule has 1 aliphatic heterocycles. The van der Waals surface area contributed by atoms with Crippen LogP contribution in [0.2, 0.25) is 0 Å². The molecule has 0 aliphatic carbocycles. The van der Waals surface area contributed by atoms with Crippen molar-refractivity contribution < 1.29 is 9.53 Å². The van der Waals surface area contributed by atoms with E-state index in [2.05, 4.69) is 20.5 Å². The lowest BCUT2D eigenvalue weighted by atomic mass is 10.0. The van der Waals surface area contributed by atoms with Crippen LogP contribution in [0.25, 0.3) is 0 Å². The average Bonchev–Trinajstić information content (AvgIpc) is 3.06. The van der Waals surface area contributed by atoms with E-state index in [9.17, 15) is 4.79 Å². The predicted octanol–water partition coefficient (Wildman–Crippen LogP) is 0.864. The molecule has 0 amide bonds. The summed E-state index contributed by atoms with van der Waals surface area (Å²) in [6.45, 7) is 3.93. The third-order valence-electron chi connectivity index (χ3n) is 3.43. The van der Waals surface area contributed by atoms with E-state index in [1.807, 2.05) is 20.0 Å². The van der Waals surface area contributed by atoms with Crippen molar-refractivity contribution in [2.24, 2.45) is 7.05 Å². The van der Waals surface area contributed by atoms with Gasteiger partial charge in [0.1, 0.15) is 12.4 Å². The van der Waals surface area contributed by atoms with E-state index in [4.69, 9.17) is 4.74 Å². The summed E-state index contributed by atoms with van der Waals surface area (Å²) < 4.78 is 8.56. The normalized spacial score (nSPS) is 17.4. The van der Waals surface area contributed by atoms with Gasteiger partial charge in [0.15, 0.2) is 0 Å². The molecule has 1 N–H and O–H groups in total. The van der Waals surface area contributed by atoms with Gasteiger partial charge in [-0.05, 0) is 19.9 Å². The number of hydrogen-bond acceptors (Lipinski definition) is 6. The molecule has 0 aromatic carbocycles. The van der Waals surface area contributed by atoms with Crippen LogP contribution in [-0.4, -0.2) is 37.1 Å². The zero-order chi connectivity index (χ0) is 15.0. The maximum absolute atomic E-state index is 12.3. The third kappa shape index (κ3) is 2.08. The minimum absolute atomic E-state index is 0.317. The summed E-state index contributed by atoms with van der Waals surface area (Å²) in [6.07, 6.45) is 3.14. The van der Waals surface area contributed by atoms with Crippen LogP contribution in [0.3, 0.4) is 0 Å². The molecule has 0 saturated carbocycles. The molecule has 0 unspecified atom stereocenters. The van der Waals surface area contributed by atoms with Crippen LogP contribution in [0, 0.1) is 0 Å². The molecule has 110 valence electrons. The number of aryl methyl sites for hydroxylation is 1. The number of fused-ring (bicyclic) bond motifs is 1. The Bertz CT molecular complexity index is 714. The minimum Gasteiger partial charge on any atom is -0.463 e. The third-order valence-corrected chi connectivity index (χ3v) is 3.43. The molecule has 1 aliphatic rings. The molecule has 2 aromatic heterocycles. The van der Waals surface area contributed by atoms with Gasteiger partial charge >= 0.3 is 5.97 Å². The summed E-state index contributed by atoms with van der Waals surface area (Å²) in [5, 5.41) is 11.5. The molecule has 0 fully saturated rings. The highest BCUT2D eigenvalue weighted by molar-refractivity contribution is 5.92. The van der Waals surface area contributed by atoms with Crippen molar-refractivity contribution in [3.8, 4) is 0 Å². The standard InChI is InChI=1S/C13H16N6O2/c1-4-21-12(20)10-8(2)17-13-14-7-16-19(13)11(10)9-5-6-15-18(9)3/h5-7,11H,4H2,1-3H3,(H,14,16,17)/t11-/m0/s1. The fraction of sp³-hybridized carbons (Fsp3) is 0.385. The van der Waals surface area contributed by atoms with Crippen LogP contribution in [0.5, 0.6) is 0 Å². The van der Waals surface area contributed by atoms with Crippen molar-refractivity contribution in [1.29, 1.82) is 0 Å². The second kappa shape index (κ2) is 5.04. The first-order valence-corrected chi connectivity index (χ1v) is 6.65. The number of hydrogen-bond donors (Lipinski definition) is 1. The first-order chi connectivity index (χ1) is 10.1. The van der Waals surface area contributed by atoms with Gasteiger partial charge in [0.05, 0.1) is 17.9 Å². The number of carbonyl (C=O) groups excluding carboxylic acids is 1. The highest BCUT2D eigenvalue weighted by atomic mass is 16.5. The van der Waals surface area contributed by atoms with E-state index in [0.717, 1.165) is 5.69 Å². The van der Waals surface area contributed by atoms with Crippen LogP contribution >= 0.6 is 0 Å². The zero-order valence-corrected chi connectivity index (χ0v) is 12.1. The van der Waals surface area contributed by atoms with Gasteiger partial charge in [-0.3, -0.25) is 4.68 Å². The van der Waals surface area contributed by atoms with E-state index in [1.54, 1.807) is 22.5 Å². The molecule has 8 nitrogen and oxygen atoms in total. The minimum atomic E-state index is -0.407. The Hall–Kier alpha value is -2.64. The highest BCUT2D eigenvalue weighted by Crippen LogP contribution is 2.34. The van der Waals surface area contributed by atoms with E-state index in [0.29, 0.717) is 23.8 Å². The van der Waals surface area contributed by atoms with Gasteiger partial charge in [-0.25, -0.2) is 9.48 Å². The summed E-state index contributed by atoms with van der Waals surface area (Å²) >= 11 is 0. The largest absolute Gasteiger partial charge is 0.463 e. The van der Waals surface area contributed by atoms with Gasteiger partial charge < -0.3 is 10.1 Å². The van der Waals surface area contributed by atoms with Crippen molar-refractivity contribution in [1.82, 2.24) is 24.5 Å².